The summed E-state index contributed by atoms with van der Waals surface area (Å²) in [6, 6.07) is 6.54. The van der Waals surface area contributed by atoms with Gasteiger partial charge in [-0.3, -0.25) is 0 Å². The van der Waals surface area contributed by atoms with Crippen LogP contribution in [0.4, 0.5) is 0 Å². The van der Waals surface area contributed by atoms with E-state index in [1.54, 1.807) is 18.2 Å². The second-order valence-electron chi connectivity index (χ2n) is 3.34. The quantitative estimate of drug-likeness (QED) is 0.676. The maximum Gasteiger partial charge on any atom is 0.243 e. The molecule has 0 aromatic heterocycles. The Hall–Kier alpha value is -0.910. The highest BCUT2D eigenvalue weighted by atomic mass is 32.2. The fraction of sp³-hybridized carbons (Fsp3) is 0.333. The topological polar surface area (TPSA) is 57.6 Å². The van der Waals surface area contributed by atoms with E-state index in [1.807, 2.05) is 0 Å². The second kappa shape index (κ2) is 3.05. The number of nitrogens with zero attached hydrogens (tertiary/aromatic N) is 1. The highest BCUT2D eigenvalue weighted by molar-refractivity contribution is 7.89. The van der Waals surface area contributed by atoms with E-state index in [4.69, 9.17) is 0 Å². The summed E-state index contributed by atoms with van der Waals surface area (Å²) in [4.78, 5) is 0.209. The molecule has 1 heterocycles. The van der Waals surface area contributed by atoms with Crippen molar-refractivity contribution in [2.75, 3.05) is 13.6 Å². The molecule has 0 fully saturated rings. The highest BCUT2D eigenvalue weighted by Gasteiger charge is 2.32. The fourth-order valence-electron chi connectivity index (χ4n) is 1.60. The van der Waals surface area contributed by atoms with Gasteiger partial charge in [0.1, 0.15) is 0 Å². The summed E-state index contributed by atoms with van der Waals surface area (Å²) in [6.07, 6.45) is -0.722. The van der Waals surface area contributed by atoms with E-state index in [9.17, 15) is 13.5 Å². The Bertz CT molecular complexity index is 455. The van der Waals surface area contributed by atoms with E-state index in [0.29, 0.717) is 5.56 Å². The van der Waals surface area contributed by atoms with Crippen molar-refractivity contribution in [3.05, 3.63) is 29.8 Å². The number of fused-ring (bicyclic) bond motifs is 1. The van der Waals surface area contributed by atoms with E-state index in [-0.39, 0.29) is 11.4 Å². The third kappa shape index (κ3) is 1.25. The Balaban J connectivity index is 2.69. The van der Waals surface area contributed by atoms with Gasteiger partial charge in [0.05, 0.1) is 11.0 Å². The normalized spacial score (nSPS) is 25.7. The summed E-state index contributed by atoms with van der Waals surface area (Å²) < 4.78 is 24.7. The molecule has 0 amide bonds. The summed E-state index contributed by atoms with van der Waals surface area (Å²) in [5, 5.41) is 9.66. The first-order valence-corrected chi connectivity index (χ1v) is 5.71. The Morgan fingerprint density at radius 2 is 2.07 bits per heavy atom. The van der Waals surface area contributed by atoms with Crippen molar-refractivity contribution >= 4 is 10.0 Å². The molecule has 1 aromatic carbocycles. The van der Waals surface area contributed by atoms with Crippen LogP contribution in [0.1, 0.15) is 11.7 Å². The molecule has 0 saturated heterocycles. The standard InChI is InChI=1S/C9H11NO3S/c1-10-6-8(11)7-4-2-3-5-9(7)14(10,12)13/h2-5,8,11H,6H2,1H3. The summed E-state index contributed by atoms with van der Waals surface area (Å²) >= 11 is 0. The summed E-state index contributed by atoms with van der Waals surface area (Å²) in [5.41, 5.74) is 0.491. The maximum atomic E-state index is 11.8. The van der Waals surface area contributed by atoms with Gasteiger partial charge in [-0.1, -0.05) is 18.2 Å². The number of aliphatic hydroxyl groups is 1. The SMILES string of the molecule is CN1CC(O)c2ccccc2S1(=O)=O. The summed E-state index contributed by atoms with van der Waals surface area (Å²) in [6.45, 7) is 0.124. The molecular weight excluding hydrogens is 202 g/mol. The minimum absolute atomic E-state index is 0.124. The van der Waals surface area contributed by atoms with Crippen molar-refractivity contribution in [1.82, 2.24) is 4.31 Å². The third-order valence-corrected chi connectivity index (χ3v) is 4.29. The second-order valence-corrected chi connectivity index (χ2v) is 5.35. The number of β-amino-alcohol motifs (C(OH)–C–C–N with tert-alkyl or cyclic N) is 1. The van der Waals surface area contributed by atoms with Crippen LogP contribution in [0, 0.1) is 0 Å². The first kappa shape index (κ1) is 9.64. The van der Waals surface area contributed by atoms with Crippen LogP contribution in [0.15, 0.2) is 29.2 Å². The van der Waals surface area contributed by atoms with E-state index >= 15 is 0 Å². The molecule has 0 bridgehead atoms. The summed E-state index contributed by atoms with van der Waals surface area (Å²) in [7, 11) is -1.91. The largest absolute Gasteiger partial charge is 0.387 e. The lowest BCUT2D eigenvalue weighted by molar-refractivity contribution is 0.146. The van der Waals surface area contributed by atoms with Crippen LogP contribution < -0.4 is 0 Å². The van der Waals surface area contributed by atoms with Crippen molar-refractivity contribution < 1.29 is 13.5 Å². The molecule has 0 aliphatic carbocycles. The Morgan fingerprint density at radius 1 is 1.43 bits per heavy atom. The van der Waals surface area contributed by atoms with Crippen LogP contribution in [0.5, 0.6) is 0 Å². The van der Waals surface area contributed by atoms with Gasteiger partial charge in [0.15, 0.2) is 0 Å². The predicted octanol–water partition coefficient (Wildman–Crippen LogP) is 0.354. The van der Waals surface area contributed by atoms with E-state index in [0.717, 1.165) is 0 Å². The number of rotatable bonds is 0. The van der Waals surface area contributed by atoms with Crippen LogP contribution >= 0.6 is 0 Å². The van der Waals surface area contributed by atoms with Gasteiger partial charge in [-0.05, 0) is 6.07 Å². The lowest BCUT2D eigenvalue weighted by atomic mass is 10.1. The molecule has 5 heteroatoms. The lowest BCUT2D eigenvalue weighted by Gasteiger charge is -2.28. The smallest absolute Gasteiger partial charge is 0.243 e. The molecule has 0 radical (unpaired) electrons. The molecule has 1 atom stereocenters. The molecule has 1 aliphatic heterocycles. The number of benzene rings is 1. The molecule has 0 spiro atoms. The number of sulfonamides is 1. The van der Waals surface area contributed by atoms with Crippen LogP contribution in [0.2, 0.25) is 0 Å². The Labute approximate surface area is 82.8 Å². The monoisotopic (exact) mass is 213 g/mol. The van der Waals surface area contributed by atoms with Crippen molar-refractivity contribution in [2.45, 2.75) is 11.0 Å². The molecule has 0 saturated carbocycles. The van der Waals surface area contributed by atoms with E-state index in [1.165, 1.54) is 17.4 Å². The van der Waals surface area contributed by atoms with Crippen molar-refractivity contribution in [3.8, 4) is 0 Å². The van der Waals surface area contributed by atoms with Gasteiger partial charge < -0.3 is 5.11 Å². The van der Waals surface area contributed by atoms with Crippen molar-refractivity contribution in [1.29, 1.82) is 0 Å². The van der Waals surface area contributed by atoms with Crippen LogP contribution in [0.25, 0.3) is 0 Å². The highest BCUT2D eigenvalue weighted by Crippen LogP contribution is 2.30. The van der Waals surface area contributed by atoms with Gasteiger partial charge >= 0.3 is 0 Å². The average Bonchev–Trinajstić information content (AvgIpc) is 2.16. The fourth-order valence-corrected chi connectivity index (χ4v) is 3.02. The summed E-state index contributed by atoms with van der Waals surface area (Å²) in [5.74, 6) is 0. The van der Waals surface area contributed by atoms with E-state index in [2.05, 4.69) is 0 Å². The molecule has 1 aliphatic rings. The Kier molecular flexibility index (Phi) is 2.10. The number of likely N-dealkylation sites (N-methyl/N-ethyl adjacent to an activating group) is 1. The van der Waals surface area contributed by atoms with Gasteiger partial charge in [-0.25, -0.2) is 8.42 Å². The number of hydrogen-bond donors (Lipinski definition) is 1. The molecular formula is C9H11NO3S. The van der Waals surface area contributed by atoms with E-state index < -0.39 is 16.1 Å². The average molecular weight is 213 g/mol. The molecule has 76 valence electrons. The van der Waals surface area contributed by atoms with Crippen LogP contribution in [0.3, 0.4) is 0 Å². The number of hydrogen-bond acceptors (Lipinski definition) is 3. The van der Waals surface area contributed by atoms with Gasteiger partial charge in [-0.15, -0.1) is 0 Å². The van der Waals surface area contributed by atoms with Crippen molar-refractivity contribution in [3.63, 3.8) is 0 Å². The lowest BCUT2D eigenvalue weighted by Crippen LogP contribution is -2.36. The van der Waals surface area contributed by atoms with Crippen LogP contribution in [-0.4, -0.2) is 31.4 Å². The predicted molar refractivity (Wildman–Crippen MR) is 51.2 cm³/mol. The first-order valence-electron chi connectivity index (χ1n) is 4.27. The van der Waals surface area contributed by atoms with Gasteiger partial charge in [0, 0.05) is 19.2 Å². The zero-order valence-corrected chi connectivity index (χ0v) is 8.53. The molecule has 2 rings (SSSR count). The Morgan fingerprint density at radius 3 is 2.79 bits per heavy atom. The van der Waals surface area contributed by atoms with Gasteiger partial charge in [0.25, 0.3) is 0 Å². The maximum absolute atomic E-state index is 11.8. The molecule has 1 unspecified atom stereocenters. The van der Waals surface area contributed by atoms with Gasteiger partial charge in [-0.2, -0.15) is 4.31 Å². The molecule has 1 aromatic rings. The first-order chi connectivity index (χ1) is 6.53. The number of aliphatic hydroxyl groups excluding tert-OH is 1. The molecule has 4 nitrogen and oxygen atoms in total. The minimum atomic E-state index is -3.38. The minimum Gasteiger partial charge on any atom is -0.387 e. The van der Waals surface area contributed by atoms with Gasteiger partial charge in [0.2, 0.25) is 10.0 Å². The molecule has 14 heavy (non-hydrogen) atoms. The molecule has 1 N–H and O–H groups in total. The van der Waals surface area contributed by atoms with Crippen molar-refractivity contribution in [2.24, 2.45) is 0 Å². The third-order valence-electron chi connectivity index (χ3n) is 2.40. The van der Waals surface area contributed by atoms with Crippen LogP contribution in [-0.2, 0) is 10.0 Å². The zero-order chi connectivity index (χ0) is 10.3. The zero-order valence-electron chi connectivity index (χ0n) is 7.71.